The van der Waals surface area contributed by atoms with E-state index in [-0.39, 0.29) is 11.5 Å². The van der Waals surface area contributed by atoms with Gasteiger partial charge in [-0.05, 0) is 38.0 Å². The van der Waals surface area contributed by atoms with Crippen LogP contribution in [-0.2, 0) is 4.79 Å². The molecular weight excluding hydrogens is 279 g/mol. The van der Waals surface area contributed by atoms with Crippen molar-refractivity contribution < 1.29 is 14.0 Å². The maximum Gasteiger partial charge on any atom is 0.254 e. The number of thiol groups is 1. The summed E-state index contributed by atoms with van der Waals surface area (Å²) in [6.07, 6.45) is 1.98. The molecule has 0 aromatic heterocycles. The molecular formula is C14H17FN2O2S. The van der Waals surface area contributed by atoms with E-state index in [0.29, 0.717) is 4.90 Å². The molecule has 1 aromatic rings. The standard InChI is InChI=1S/C14H17FN2O2S/c1-9(14(19)17-6-2-3-7-17)16-13(18)11-8-10(20)4-5-12(11)15/h4-5,8-9,20H,2-3,6-7H2,1H3,(H,16,18). The van der Waals surface area contributed by atoms with E-state index in [2.05, 4.69) is 17.9 Å². The van der Waals surface area contributed by atoms with E-state index in [0.717, 1.165) is 25.9 Å². The number of nitrogens with one attached hydrogen (secondary N) is 1. The molecule has 0 saturated carbocycles. The van der Waals surface area contributed by atoms with Crippen LogP contribution in [0.4, 0.5) is 4.39 Å². The quantitative estimate of drug-likeness (QED) is 0.837. The Kier molecular flexibility index (Phi) is 4.65. The minimum atomic E-state index is -0.663. The van der Waals surface area contributed by atoms with Gasteiger partial charge in [0.2, 0.25) is 5.91 Å². The van der Waals surface area contributed by atoms with Crippen LogP contribution in [0.3, 0.4) is 0 Å². The lowest BCUT2D eigenvalue weighted by Crippen LogP contribution is -2.46. The van der Waals surface area contributed by atoms with Crippen LogP contribution in [0.15, 0.2) is 23.1 Å². The van der Waals surface area contributed by atoms with Crippen molar-refractivity contribution in [2.75, 3.05) is 13.1 Å². The third-order valence-electron chi connectivity index (χ3n) is 3.33. The molecule has 0 radical (unpaired) electrons. The SMILES string of the molecule is CC(NC(=O)c1cc(S)ccc1F)C(=O)N1CCCC1. The summed E-state index contributed by atoms with van der Waals surface area (Å²) in [6.45, 7) is 3.06. The fourth-order valence-corrected chi connectivity index (χ4v) is 2.44. The van der Waals surface area contributed by atoms with Gasteiger partial charge in [-0.2, -0.15) is 0 Å². The van der Waals surface area contributed by atoms with E-state index in [4.69, 9.17) is 0 Å². The molecule has 1 fully saturated rings. The molecule has 2 rings (SSSR count). The molecule has 1 saturated heterocycles. The molecule has 0 bridgehead atoms. The summed E-state index contributed by atoms with van der Waals surface area (Å²) >= 11 is 4.08. The van der Waals surface area contributed by atoms with Crippen molar-refractivity contribution in [3.8, 4) is 0 Å². The Bertz CT molecular complexity index is 530. The molecule has 20 heavy (non-hydrogen) atoms. The molecule has 1 heterocycles. The van der Waals surface area contributed by atoms with Crippen molar-refractivity contribution in [1.82, 2.24) is 10.2 Å². The molecule has 2 amide bonds. The fourth-order valence-electron chi connectivity index (χ4n) is 2.23. The van der Waals surface area contributed by atoms with E-state index >= 15 is 0 Å². The van der Waals surface area contributed by atoms with Crippen molar-refractivity contribution in [2.45, 2.75) is 30.7 Å². The lowest BCUT2D eigenvalue weighted by molar-refractivity contribution is -0.131. The third-order valence-corrected chi connectivity index (χ3v) is 3.61. The Balaban J connectivity index is 2.03. The van der Waals surface area contributed by atoms with Crippen LogP contribution >= 0.6 is 12.6 Å². The maximum atomic E-state index is 13.6. The Morgan fingerprint density at radius 1 is 1.35 bits per heavy atom. The second-order valence-electron chi connectivity index (χ2n) is 4.89. The van der Waals surface area contributed by atoms with Gasteiger partial charge >= 0.3 is 0 Å². The van der Waals surface area contributed by atoms with Crippen LogP contribution < -0.4 is 5.32 Å². The summed E-state index contributed by atoms with van der Waals surface area (Å²) in [5.41, 5.74) is -0.0985. The van der Waals surface area contributed by atoms with Crippen LogP contribution in [0, 0.1) is 5.82 Å². The Hall–Kier alpha value is -1.56. The van der Waals surface area contributed by atoms with Gasteiger partial charge in [-0.15, -0.1) is 12.6 Å². The zero-order valence-corrected chi connectivity index (χ0v) is 12.1. The van der Waals surface area contributed by atoms with Crippen molar-refractivity contribution in [3.63, 3.8) is 0 Å². The van der Waals surface area contributed by atoms with Gasteiger partial charge in [-0.3, -0.25) is 9.59 Å². The highest BCUT2D eigenvalue weighted by Gasteiger charge is 2.25. The van der Waals surface area contributed by atoms with Crippen molar-refractivity contribution in [3.05, 3.63) is 29.6 Å². The van der Waals surface area contributed by atoms with Gasteiger partial charge < -0.3 is 10.2 Å². The molecule has 0 spiro atoms. The summed E-state index contributed by atoms with van der Waals surface area (Å²) in [6, 6.07) is 3.34. The molecule has 1 N–H and O–H groups in total. The molecule has 1 aromatic carbocycles. The third kappa shape index (κ3) is 3.30. The first-order valence-electron chi connectivity index (χ1n) is 6.57. The van der Waals surface area contributed by atoms with E-state index < -0.39 is 17.8 Å². The molecule has 1 aliphatic rings. The highest BCUT2D eigenvalue weighted by molar-refractivity contribution is 7.80. The molecule has 108 valence electrons. The Labute approximate surface area is 122 Å². The van der Waals surface area contributed by atoms with Gasteiger partial charge in [-0.1, -0.05) is 0 Å². The first-order valence-corrected chi connectivity index (χ1v) is 7.02. The number of halogens is 1. The number of benzene rings is 1. The van der Waals surface area contributed by atoms with Gasteiger partial charge in [0.15, 0.2) is 0 Å². The summed E-state index contributed by atoms with van der Waals surface area (Å²) in [7, 11) is 0. The average molecular weight is 296 g/mol. The summed E-state index contributed by atoms with van der Waals surface area (Å²) in [4.78, 5) is 26.3. The summed E-state index contributed by atoms with van der Waals surface area (Å²) < 4.78 is 13.6. The number of hydrogen-bond acceptors (Lipinski definition) is 3. The van der Waals surface area contributed by atoms with Gasteiger partial charge in [-0.25, -0.2) is 4.39 Å². The monoisotopic (exact) mass is 296 g/mol. The summed E-state index contributed by atoms with van der Waals surface area (Å²) in [5, 5.41) is 2.54. The minimum absolute atomic E-state index is 0.0985. The van der Waals surface area contributed by atoms with Crippen molar-refractivity contribution in [1.29, 1.82) is 0 Å². The molecule has 0 aliphatic carbocycles. The van der Waals surface area contributed by atoms with Crippen molar-refractivity contribution in [2.24, 2.45) is 0 Å². The number of nitrogens with zero attached hydrogens (tertiary/aromatic N) is 1. The number of rotatable bonds is 3. The van der Waals surface area contributed by atoms with Crippen LogP contribution in [0.2, 0.25) is 0 Å². The van der Waals surface area contributed by atoms with Crippen LogP contribution in [0.5, 0.6) is 0 Å². The Morgan fingerprint density at radius 3 is 2.65 bits per heavy atom. The predicted molar refractivity (Wildman–Crippen MR) is 76.4 cm³/mol. The molecule has 1 atom stereocenters. The number of carbonyl (C=O) groups is 2. The number of hydrogen-bond donors (Lipinski definition) is 2. The van der Waals surface area contributed by atoms with E-state index in [1.54, 1.807) is 11.8 Å². The predicted octanol–water partition coefficient (Wildman–Crippen LogP) is 1.86. The van der Waals surface area contributed by atoms with Crippen LogP contribution in [0.25, 0.3) is 0 Å². The lowest BCUT2D eigenvalue weighted by Gasteiger charge is -2.21. The number of amides is 2. The zero-order chi connectivity index (χ0) is 14.7. The smallest absolute Gasteiger partial charge is 0.254 e. The topological polar surface area (TPSA) is 49.4 Å². The number of carbonyl (C=O) groups excluding carboxylic acids is 2. The van der Waals surface area contributed by atoms with E-state index in [9.17, 15) is 14.0 Å². The zero-order valence-electron chi connectivity index (χ0n) is 11.2. The van der Waals surface area contributed by atoms with Gasteiger partial charge in [0.25, 0.3) is 5.91 Å². The fraction of sp³-hybridized carbons (Fsp3) is 0.429. The lowest BCUT2D eigenvalue weighted by atomic mass is 10.2. The largest absolute Gasteiger partial charge is 0.341 e. The second kappa shape index (κ2) is 6.26. The molecule has 6 heteroatoms. The van der Waals surface area contributed by atoms with E-state index in [1.165, 1.54) is 18.2 Å². The summed E-state index contributed by atoms with van der Waals surface area (Å²) in [5.74, 6) is -1.35. The van der Waals surface area contributed by atoms with E-state index in [1.807, 2.05) is 0 Å². The molecule has 1 unspecified atom stereocenters. The molecule has 4 nitrogen and oxygen atoms in total. The van der Waals surface area contributed by atoms with Crippen LogP contribution in [0.1, 0.15) is 30.1 Å². The molecule has 1 aliphatic heterocycles. The maximum absolute atomic E-state index is 13.6. The minimum Gasteiger partial charge on any atom is -0.341 e. The first-order chi connectivity index (χ1) is 9.49. The van der Waals surface area contributed by atoms with Crippen LogP contribution in [-0.4, -0.2) is 35.8 Å². The highest BCUT2D eigenvalue weighted by atomic mass is 32.1. The Morgan fingerprint density at radius 2 is 2.00 bits per heavy atom. The van der Waals surface area contributed by atoms with Gasteiger partial charge in [0.05, 0.1) is 5.56 Å². The van der Waals surface area contributed by atoms with Crippen molar-refractivity contribution >= 4 is 24.4 Å². The second-order valence-corrected chi connectivity index (χ2v) is 5.41. The normalized spacial score (nSPS) is 16.1. The number of likely N-dealkylation sites (tertiary alicyclic amines) is 1. The first kappa shape index (κ1) is 14.8. The van der Waals surface area contributed by atoms with Gasteiger partial charge in [0, 0.05) is 18.0 Å². The highest BCUT2D eigenvalue weighted by Crippen LogP contribution is 2.14. The average Bonchev–Trinajstić information content (AvgIpc) is 2.94. The van der Waals surface area contributed by atoms with Gasteiger partial charge in [0.1, 0.15) is 11.9 Å².